The van der Waals surface area contributed by atoms with Crippen molar-refractivity contribution in [3.63, 3.8) is 0 Å². The van der Waals surface area contributed by atoms with Crippen molar-refractivity contribution in [2.24, 2.45) is 7.05 Å². The fourth-order valence-electron chi connectivity index (χ4n) is 2.27. The van der Waals surface area contributed by atoms with Gasteiger partial charge in [0.1, 0.15) is 5.82 Å². The molecule has 1 heterocycles. The van der Waals surface area contributed by atoms with Gasteiger partial charge >= 0.3 is 0 Å². The SMILES string of the molecule is CCNC(CCc1nccn1C)c1ccc(Br)c(Cl)c1. The van der Waals surface area contributed by atoms with Gasteiger partial charge in [-0.05, 0) is 46.6 Å². The lowest BCUT2D eigenvalue weighted by atomic mass is 10.0. The maximum atomic E-state index is 6.19. The van der Waals surface area contributed by atoms with Crippen molar-refractivity contribution in [1.82, 2.24) is 14.9 Å². The van der Waals surface area contributed by atoms with E-state index in [9.17, 15) is 0 Å². The van der Waals surface area contributed by atoms with Crippen LogP contribution in [0.1, 0.15) is 30.8 Å². The molecule has 0 radical (unpaired) electrons. The molecule has 5 heteroatoms. The molecule has 1 N–H and O–H groups in total. The minimum Gasteiger partial charge on any atom is -0.338 e. The predicted octanol–water partition coefficient (Wildman–Crippen LogP) is 4.12. The molecule has 3 nitrogen and oxygen atoms in total. The van der Waals surface area contributed by atoms with Crippen LogP contribution >= 0.6 is 27.5 Å². The van der Waals surface area contributed by atoms with E-state index in [4.69, 9.17) is 11.6 Å². The van der Waals surface area contributed by atoms with E-state index in [0.29, 0.717) is 6.04 Å². The molecule has 0 aliphatic rings. The van der Waals surface area contributed by atoms with Gasteiger partial charge in [-0.3, -0.25) is 0 Å². The number of imidazole rings is 1. The van der Waals surface area contributed by atoms with Crippen LogP contribution in [-0.4, -0.2) is 16.1 Å². The van der Waals surface area contributed by atoms with Crippen LogP contribution in [0.15, 0.2) is 35.1 Å². The van der Waals surface area contributed by atoms with E-state index in [2.05, 4.69) is 43.8 Å². The molecule has 0 amide bonds. The van der Waals surface area contributed by atoms with Crippen LogP contribution in [0, 0.1) is 0 Å². The van der Waals surface area contributed by atoms with Crippen molar-refractivity contribution < 1.29 is 0 Å². The highest BCUT2D eigenvalue weighted by Crippen LogP contribution is 2.27. The smallest absolute Gasteiger partial charge is 0.108 e. The third kappa shape index (κ3) is 3.84. The zero-order valence-corrected chi connectivity index (χ0v) is 14.1. The van der Waals surface area contributed by atoms with Gasteiger partial charge in [-0.15, -0.1) is 0 Å². The lowest BCUT2D eigenvalue weighted by Gasteiger charge is -2.19. The summed E-state index contributed by atoms with van der Waals surface area (Å²) >= 11 is 9.62. The number of rotatable bonds is 6. The normalized spacial score (nSPS) is 12.6. The Labute approximate surface area is 133 Å². The van der Waals surface area contributed by atoms with E-state index in [1.165, 1.54) is 5.56 Å². The summed E-state index contributed by atoms with van der Waals surface area (Å²) in [6, 6.07) is 6.43. The van der Waals surface area contributed by atoms with Crippen molar-refractivity contribution >= 4 is 27.5 Å². The molecule has 0 saturated carbocycles. The molecule has 0 saturated heterocycles. The third-order valence-electron chi connectivity index (χ3n) is 3.37. The van der Waals surface area contributed by atoms with Gasteiger partial charge in [0.25, 0.3) is 0 Å². The molecule has 1 aromatic heterocycles. The molecule has 0 bridgehead atoms. The van der Waals surface area contributed by atoms with Crippen molar-refractivity contribution in [2.75, 3.05) is 6.54 Å². The van der Waals surface area contributed by atoms with Gasteiger partial charge in [-0.1, -0.05) is 24.6 Å². The Morgan fingerprint density at radius 3 is 2.85 bits per heavy atom. The van der Waals surface area contributed by atoms with Crippen LogP contribution in [0.4, 0.5) is 0 Å². The van der Waals surface area contributed by atoms with Crippen molar-refractivity contribution in [3.8, 4) is 0 Å². The van der Waals surface area contributed by atoms with Gasteiger partial charge in [0.15, 0.2) is 0 Å². The average Bonchev–Trinajstić information content (AvgIpc) is 2.83. The quantitative estimate of drug-likeness (QED) is 0.844. The largest absolute Gasteiger partial charge is 0.338 e. The average molecular weight is 357 g/mol. The number of nitrogens with zero attached hydrogens (tertiary/aromatic N) is 2. The molecule has 108 valence electrons. The Morgan fingerprint density at radius 2 is 2.25 bits per heavy atom. The molecule has 0 aliphatic heterocycles. The van der Waals surface area contributed by atoms with Gasteiger partial charge in [0.2, 0.25) is 0 Å². The van der Waals surface area contributed by atoms with E-state index < -0.39 is 0 Å². The molecule has 2 aromatic rings. The highest BCUT2D eigenvalue weighted by atomic mass is 79.9. The Morgan fingerprint density at radius 1 is 1.45 bits per heavy atom. The highest BCUT2D eigenvalue weighted by molar-refractivity contribution is 9.10. The Kier molecular flexibility index (Phi) is 5.64. The van der Waals surface area contributed by atoms with E-state index >= 15 is 0 Å². The lowest BCUT2D eigenvalue weighted by molar-refractivity contribution is 0.505. The van der Waals surface area contributed by atoms with E-state index in [-0.39, 0.29) is 0 Å². The summed E-state index contributed by atoms with van der Waals surface area (Å²) in [5.74, 6) is 1.11. The van der Waals surface area contributed by atoms with Crippen LogP contribution in [0.3, 0.4) is 0 Å². The summed E-state index contributed by atoms with van der Waals surface area (Å²) in [7, 11) is 2.03. The monoisotopic (exact) mass is 355 g/mol. The number of aromatic nitrogens is 2. The molecule has 0 spiro atoms. The second-order valence-electron chi connectivity index (χ2n) is 4.78. The van der Waals surface area contributed by atoms with Gasteiger partial charge in [0, 0.05) is 36.4 Å². The highest BCUT2D eigenvalue weighted by Gasteiger charge is 2.13. The molecule has 1 atom stereocenters. The summed E-state index contributed by atoms with van der Waals surface area (Å²) in [5, 5.41) is 4.27. The Balaban J connectivity index is 2.10. The molecule has 2 rings (SSSR count). The van der Waals surface area contributed by atoms with Crippen LogP contribution < -0.4 is 5.32 Å². The van der Waals surface area contributed by atoms with Crippen molar-refractivity contribution in [1.29, 1.82) is 0 Å². The van der Waals surface area contributed by atoms with E-state index in [1.807, 2.05) is 31.6 Å². The number of benzene rings is 1. The molecule has 0 fully saturated rings. The third-order valence-corrected chi connectivity index (χ3v) is 4.61. The molecule has 1 aromatic carbocycles. The summed E-state index contributed by atoms with van der Waals surface area (Å²) in [6.45, 7) is 3.05. The summed E-state index contributed by atoms with van der Waals surface area (Å²) in [5.41, 5.74) is 1.22. The first-order chi connectivity index (χ1) is 9.61. The van der Waals surface area contributed by atoms with E-state index in [0.717, 1.165) is 34.7 Å². The fourth-order valence-corrected chi connectivity index (χ4v) is 2.71. The molecule has 1 unspecified atom stereocenters. The first kappa shape index (κ1) is 15.5. The number of nitrogens with one attached hydrogen (secondary N) is 1. The lowest BCUT2D eigenvalue weighted by Crippen LogP contribution is -2.22. The fraction of sp³-hybridized carbons (Fsp3) is 0.400. The van der Waals surface area contributed by atoms with Crippen LogP contribution in [0.2, 0.25) is 5.02 Å². The van der Waals surface area contributed by atoms with Crippen molar-refractivity contribution in [2.45, 2.75) is 25.8 Å². The summed E-state index contributed by atoms with van der Waals surface area (Å²) < 4.78 is 3.00. The summed E-state index contributed by atoms with van der Waals surface area (Å²) in [4.78, 5) is 4.37. The molecular formula is C15H19BrClN3. The second-order valence-corrected chi connectivity index (χ2v) is 6.04. The Bertz CT molecular complexity index is 568. The van der Waals surface area contributed by atoms with Gasteiger partial charge in [-0.25, -0.2) is 4.98 Å². The van der Waals surface area contributed by atoms with Gasteiger partial charge < -0.3 is 9.88 Å². The topological polar surface area (TPSA) is 29.9 Å². The Hall–Kier alpha value is -0.840. The molecule has 0 aliphatic carbocycles. The zero-order chi connectivity index (χ0) is 14.5. The number of hydrogen-bond acceptors (Lipinski definition) is 2. The van der Waals surface area contributed by atoms with Gasteiger partial charge in [-0.2, -0.15) is 0 Å². The maximum absolute atomic E-state index is 6.19. The maximum Gasteiger partial charge on any atom is 0.108 e. The predicted molar refractivity (Wildman–Crippen MR) is 87.1 cm³/mol. The van der Waals surface area contributed by atoms with Crippen LogP contribution in [0.5, 0.6) is 0 Å². The number of halogens is 2. The summed E-state index contributed by atoms with van der Waals surface area (Å²) in [6.07, 6.45) is 5.76. The van der Waals surface area contributed by atoms with E-state index in [1.54, 1.807) is 0 Å². The number of hydrogen-bond donors (Lipinski definition) is 1. The minimum atomic E-state index is 0.294. The molecular weight excluding hydrogens is 338 g/mol. The first-order valence-corrected chi connectivity index (χ1v) is 7.93. The van der Waals surface area contributed by atoms with Crippen LogP contribution in [-0.2, 0) is 13.5 Å². The first-order valence-electron chi connectivity index (χ1n) is 6.76. The number of aryl methyl sites for hydroxylation is 2. The zero-order valence-electron chi connectivity index (χ0n) is 11.7. The van der Waals surface area contributed by atoms with Crippen LogP contribution in [0.25, 0.3) is 0 Å². The molecule has 20 heavy (non-hydrogen) atoms. The standard InChI is InChI=1S/C15H19BrClN3/c1-3-18-14(6-7-15-19-8-9-20(15)2)11-4-5-12(16)13(17)10-11/h4-5,8-10,14,18H,3,6-7H2,1-2H3. The van der Waals surface area contributed by atoms with Crippen molar-refractivity contribution in [3.05, 3.63) is 51.5 Å². The minimum absolute atomic E-state index is 0.294. The van der Waals surface area contributed by atoms with Gasteiger partial charge in [0.05, 0.1) is 5.02 Å². The second kappa shape index (κ2) is 7.25.